The zero-order valence-electron chi connectivity index (χ0n) is 8.49. The van der Waals surface area contributed by atoms with Gasteiger partial charge in [0.1, 0.15) is 0 Å². The van der Waals surface area contributed by atoms with Crippen molar-refractivity contribution in [1.29, 1.82) is 0 Å². The Morgan fingerprint density at radius 3 is 3.07 bits per heavy atom. The predicted octanol–water partition coefficient (Wildman–Crippen LogP) is 2.34. The smallest absolute Gasteiger partial charge is 0.0990 e. The highest BCUT2D eigenvalue weighted by Gasteiger charge is 2.15. The topological polar surface area (TPSA) is 41.6 Å². The summed E-state index contributed by atoms with van der Waals surface area (Å²) >= 11 is 1.87. The summed E-state index contributed by atoms with van der Waals surface area (Å²) in [6.45, 7) is 0. The van der Waals surface area contributed by atoms with Crippen LogP contribution >= 0.6 is 11.3 Å². The molecule has 0 spiro atoms. The van der Waals surface area contributed by atoms with E-state index in [0.717, 1.165) is 12.1 Å². The Balaban J connectivity index is 1.84. The quantitative estimate of drug-likeness (QED) is 0.842. The van der Waals surface area contributed by atoms with E-state index in [4.69, 9.17) is 4.98 Å². The molecule has 0 radical (unpaired) electrons. The van der Waals surface area contributed by atoms with Crippen molar-refractivity contribution >= 4 is 11.3 Å². The summed E-state index contributed by atoms with van der Waals surface area (Å²) in [7, 11) is 0. The van der Waals surface area contributed by atoms with E-state index in [2.05, 4.69) is 9.97 Å². The molecule has 0 aromatic carbocycles. The van der Waals surface area contributed by atoms with Crippen LogP contribution in [0.2, 0.25) is 0 Å². The second-order valence-electron chi connectivity index (χ2n) is 3.94. The van der Waals surface area contributed by atoms with Crippen LogP contribution < -0.4 is 0 Å². The third-order valence-electron chi connectivity index (χ3n) is 2.79. The first-order chi connectivity index (χ1) is 7.42. The van der Waals surface area contributed by atoms with Crippen LogP contribution in [0.3, 0.4) is 0 Å². The number of rotatable bonds is 2. The Kier molecular flexibility index (Phi) is 2.29. The van der Waals surface area contributed by atoms with Gasteiger partial charge in [-0.3, -0.25) is 0 Å². The summed E-state index contributed by atoms with van der Waals surface area (Å²) in [6, 6.07) is 0. The SMILES string of the molecule is c1ncc(Cc2nc3c(s2)CCCC3)[nH]1. The van der Waals surface area contributed by atoms with Crippen LogP contribution in [0.4, 0.5) is 0 Å². The number of nitrogens with zero attached hydrogens (tertiary/aromatic N) is 2. The van der Waals surface area contributed by atoms with Crippen molar-refractivity contribution in [2.45, 2.75) is 32.1 Å². The van der Waals surface area contributed by atoms with Gasteiger partial charge in [0, 0.05) is 23.2 Å². The Morgan fingerprint density at radius 1 is 1.33 bits per heavy atom. The molecule has 0 amide bonds. The number of aromatic amines is 1. The molecular weight excluding hydrogens is 206 g/mol. The first-order valence-electron chi connectivity index (χ1n) is 5.36. The molecule has 2 aromatic heterocycles. The van der Waals surface area contributed by atoms with Crippen LogP contribution in [0.1, 0.15) is 34.1 Å². The van der Waals surface area contributed by atoms with E-state index in [1.54, 1.807) is 6.33 Å². The number of aromatic nitrogens is 3. The highest BCUT2D eigenvalue weighted by atomic mass is 32.1. The third kappa shape index (κ3) is 1.81. The van der Waals surface area contributed by atoms with E-state index in [0.29, 0.717) is 0 Å². The number of H-pyrrole nitrogens is 1. The van der Waals surface area contributed by atoms with Crippen molar-refractivity contribution in [3.8, 4) is 0 Å². The fraction of sp³-hybridized carbons (Fsp3) is 0.455. The minimum absolute atomic E-state index is 0.900. The number of hydrogen-bond acceptors (Lipinski definition) is 3. The predicted molar refractivity (Wildman–Crippen MR) is 60.1 cm³/mol. The van der Waals surface area contributed by atoms with Crippen LogP contribution in [-0.4, -0.2) is 15.0 Å². The van der Waals surface area contributed by atoms with Crippen molar-refractivity contribution in [3.05, 3.63) is 33.8 Å². The van der Waals surface area contributed by atoms with Crippen molar-refractivity contribution in [1.82, 2.24) is 15.0 Å². The van der Waals surface area contributed by atoms with Crippen LogP contribution in [0.15, 0.2) is 12.5 Å². The molecule has 0 unspecified atom stereocenters. The van der Waals surface area contributed by atoms with E-state index < -0.39 is 0 Å². The lowest BCUT2D eigenvalue weighted by atomic mass is 10.0. The van der Waals surface area contributed by atoms with Gasteiger partial charge in [-0.15, -0.1) is 11.3 Å². The lowest BCUT2D eigenvalue weighted by Gasteiger charge is -2.06. The van der Waals surface area contributed by atoms with Crippen molar-refractivity contribution in [2.24, 2.45) is 0 Å². The van der Waals surface area contributed by atoms with Crippen LogP contribution in [0, 0.1) is 0 Å². The number of aryl methyl sites for hydroxylation is 2. The molecule has 2 heterocycles. The zero-order valence-corrected chi connectivity index (χ0v) is 9.31. The molecule has 0 atom stereocenters. The average molecular weight is 219 g/mol. The summed E-state index contributed by atoms with van der Waals surface area (Å²) in [6.07, 6.45) is 9.55. The van der Waals surface area contributed by atoms with Gasteiger partial charge in [0.25, 0.3) is 0 Å². The maximum absolute atomic E-state index is 4.70. The Labute approximate surface area is 92.6 Å². The Bertz CT molecular complexity index is 421. The van der Waals surface area contributed by atoms with Crippen molar-refractivity contribution in [2.75, 3.05) is 0 Å². The van der Waals surface area contributed by atoms with Crippen LogP contribution in [0.25, 0.3) is 0 Å². The lowest BCUT2D eigenvalue weighted by molar-refractivity contribution is 0.681. The van der Waals surface area contributed by atoms with E-state index in [9.17, 15) is 0 Å². The van der Waals surface area contributed by atoms with Crippen LogP contribution in [0.5, 0.6) is 0 Å². The summed E-state index contributed by atoms with van der Waals surface area (Å²) in [4.78, 5) is 13.3. The highest BCUT2D eigenvalue weighted by Crippen LogP contribution is 2.27. The molecule has 0 bridgehead atoms. The second-order valence-corrected chi connectivity index (χ2v) is 5.11. The van der Waals surface area contributed by atoms with E-state index in [-0.39, 0.29) is 0 Å². The monoisotopic (exact) mass is 219 g/mol. The molecular formula is C11H13N3S. The molecule has 1 N–H and O–H groups in total. The number of nitrogens with one attached hydrogen (secondary N) is 1. The zero-order chi connectivity index (χ0) is 10.1. The minimum atomic E-state index is 0.900. The summed E-state index contributed by atoms with van der Waals surface area (Å²) in [5.74, 6) is 0. The maximum Gasteiger partial charge on any atom is 0.0990 e. The molecule has 0 fully saturated rings. The van der Waals surface area contributed by atoms with E-state index in [1.165, 1.54) is 41.3 Å². The maximum atomic E-state index is 4.70. The molecule has 3 nitrogen and oxygen atoms in total. The summed E-state index contributed by atoms with van der Waals surface area (Å²) in [5.41, 5.74) is 2.50. The molecule has 15 heavy (non-hydrogen) atoms. The van der Waals surface area contributed by atoms with Gasteiger partial charge in [-0.25, -0.2) is 9.97 Å². The fourth-order valence-electron chi connectivity index (χ4n) is 2.03. The number of hydrogen-bond donors (Lipinski definition) is 1. The standard InChI is InChI=1S/C11H13N3S/c1-2-4-10-9(3-1)14-11(15-10)5-8-6-12-7-13-8/h6-7H,1-5H2,(H,12,13). The van der Waals surface area contributed by atoms with Crippen molar-refractivity contribution < 1.29 is 0 Å². The number of imidazole rings is 1. The normalized spacial score (nSPS) is 15.2. The number of fused-ring (bicyclic) bond motifs is 1. The highest BCUT2D eigenvalue weighted by molar-refractivity contribution is 7.11. The Hall–Kier alpha value is -1.16. The molecule has 1 aliphatic rings. The third-order valence-corrected chi connectivity index (χ3v) is 3.94. The van der Waals surface area contributed by atoms with Gasteiger partial charge in [-0.05, 0) is 25.7 Å². The van der Waals surface area contributed by atoms with Gasteiger partial charge < -0.3 is 4.98 Å². The van der Waals surface area contributed by atoms with Crippen molar-refractivity contribution in [3.63, 3.8) is 0 Å². The minimum Gasteiger partial charge on any atom is -0.348 e. The average Bonchev–Trinajstić information content (AvgIpc) is 2.86. The van der Waals surface area contributed by atoms with Gasteiger partial charge in [0.2, 0.25) is 0 Å². The molecule has 1 aliphatic carbocycles. The molecule has 3 rings (SSSR count). The second kappa shape index (κ2) is 3.77. The molecule has 2 aromatic rings. The summed E-state index contributed by atoms with van der Waals surface area (Å²) < 4.78 is 0. The molecule has 0 saturated carbocycles. The van der Waals surface area contributed by atoms with Crippen LogP contribution in [-0.2, 0) is 19.3 Å². The molecule has 0 aliphatic heterocycles. The van der Waals surface area contributed by atoms with Gasteiger partial charge >= 0.3 is 0 Å². The van der Waals surface area contributed by atoms with E-state index >= 15 is 0 Å². The first-order valence-corrected chi connectivity index (χ1v) is 6.18. The molecule has 78 valence electrons. The first kappa shape index (κ1) is 9.09. The molecule has 0 saturated heterocycles. The van der Waals surface area contributed by atoms with Gasteiger partial charge in [0.15, 0.2) is 0 Å². The Morgan fingerprint density at radius 2 is 2.27 bits per heavy atom. The van der Waals surface area contributed by atoms with Gasteiger partial charge in [-0.1, -0.05) is 0 Å². The number of thiazole rings is 1. The lowest BCUT2D eigenvalue weighted by Crippen LogP contribution is -1.99. The largest absolute Gasteiger partial charge is 0.348 e. The van der Waals surface area contributed by atoms with Gasteiger partial charge in [-0.2, -0.15) is 0 Å². The summed E-state index contributed by atoms with van der Waals surface area (Å²) in [5, 5.41) is 1.23. The van der Waals surface area contributed by atoms with E-state index in [1.807, 2.05) is 17.5 Å². The fourth-order valence-corrected chi connectivity index (χ4v) is 3.21. The molecule has 4 heteroatoms. The van der Waals surface area contributed by atoms with Gasteiger partial charge in [0.05, 0.1) is 17.0 Å².